The lowest BCUT2D eigenvalue weighted by atomic mass is 10.1. The lowest BCUT2D eigenvalue weighted by Gasteiger charge is -2.08. The summed E-state index contributed by atoms with van der Waals surface area (Å²) in [6.07, 6.45) is -4.81. The number of fused-ring (bicyclic) bond motifs is 2. The van der Waals surface area contributed by atoms with Crippen LogP contribution in [0.4, 0.5) is 26.3 Å². The van der Waals surface area contributed by atoms with Crippen molar-refractivity contribution in [2.75, 3.05) is 0 Å². The molecule has 0 aliphatic carbocycles. The molecule has 6 aromatic rings. The molecule has 0 radical (unpaired) electrons. The van der Waals surface area contributed by atoms with Crippen LogP contribution in [0, 0.1) is 13.8 Å². The smallest absolute Gasteiger partial charge is 0.296 e. The highest BCUT2D eigenvalue weighted by Gasteiger charge is 2.37. The molecule has 0 bridgehead atoms. The van der Waals surface area contributed by atoms with Crippen molar-refractivity contribution < 1.29 is 26.3 Å². The van der Waals surface area contributed by atoms with Crippen LogP contribution >= 0.6 is 15.9 Å². The standard InChI is InChI=1S/C15H10BrF3N2.C15H11F3N2/c1-9-2-4-10(5-3-9)11-6-7-12-13(16)20-14(15(17,18)19)21(12)8-11;1-10-2-4-11(5-3-10)12-6-7-13-8-19-14(15(16,17)18)20(13)9-12/h2-8H,1H3;2-9H,1H3. The zero-order chi connectivity index (χ0) is 29.5. The molecule has 0 unspecified atom stereocenters. The number of halogens is 7. The van der Waals surface area contributed by atoms with Crippen LogP contribution in [0.2, 0.25) is 0 Å². The first-order valence-corrected chi connectivity index (χ1v) is 13.0. The third-order valence-electron chi connectivity index (χ3n) is 6.40. The fraction of sp³-hybridized carbons (Fsp3) is 0.133. The molecule has 0 atom stereocenters. The van der Waals surface area contributed by atoms with Crippen LogP contribution in [-0.4, -0.2) is 18.8 Å². The van der Waals surface area contributed by atoms with Gasteiger partial charge in [0.1, 0.15) is 4.60 Å². The van der Waals surface area contributed by atoms with Gasteiger partial charge in [0.2, 0.25) is 11.6 Å². The van der Waals surface area contributed by atoms with Gasteiger partial charge in [0, 0.05) is 12.4 Å². The van der Waals surface area contributed by atoms with Crippen molar-refractivity contribution in [3.8, 4) is 22.3 Å². The number of pyridine rings is 2. The van der Waals surface area contributed by atoms with Gasteiger partial charge in [-0.2, -0.15) is 26.3 Å². The number of alkyl halides is 6. The Bertz CT molecular complexity index is 1830. The van der Waals surface area contributed by atoms with E-state index < -0.39 is 24.0 Å². The Kier molecular flexibility index (Phi) is 7.41. The summed E-state index contributed by atoms with van der Waals surface area (Å²) >= 11 is 3.07. The zero-order valence-electron chi connectivity index (χ0n) is 21.6. The molecule has 4 nitrogen and oxygen atoms in total. The SMILES string of the molecule is Cc1ccc(-c2ccc3c(Br)nc(C(F)(F)F)n3c2)cc1.Cc1ccc(-c2ccc3cnc(C(F)(F)F)n3c2)cc1. The van der Waals surface area contributed by atoms with E-state index in [1.165, 1.54) is 18.6 Å². The van der Waals surface area contributed by atoms with Crippen LogP contribution in [0.5, 0.6) is 0 Å². The van der Waals surface area contributed by atoms with E-state index in [0.29, 0.717) is 16.6 Å². The van der Waals surface area contributed by atoms with Gasteiger partial charge in [-0.25, -0.2) is 9.97 Å². The van der Waals surface area contributed by atoms with Crippen LogP contribution in [0.15, 0.2) is 96.0 Å². The van der Waals surface area contributed by atoms with Gasteiger partial charge in [-0.05, 0) is 64.2 Å². The zero-order valence-corrected chi connectivity index (χ0v) is 23.2. The van der Waals surface area contributed by atoms with E-state index in [4.69, 9.17) is 0 Å². The first-order chi connectivity index (χ1) is 19.3. The number of benzene rings is 2. The molecule has 0 aliphatic heterocycles. The first-order valence-electron chi connectivity index (χ1n) is 12.2. The highest BCUT2D eigenvalue weighted by Crippen LogP contribution is 2.34. The van der Waals surface area contributed by atoms with Crippen molar-refractivity contribution in [2.45, 2.75) is 26.2 Å². The summed E-state index contributed by atoms with van der Waals surface area (Å²) in [6.45, 7) is 3.92. The number of nitrogens with zero attached hydrogens (tertiary/aromatic N) is 4. The summed E-state index contributed by atoms with van der Waals surface area (Å²) in [6, 6.07) is 22.1. The minimum atomic E-state index is -4.50. The minimum Gasteiger partial charge on any atom is -0.296 e. The highest BCUT2D eigenvalue weighted by atomic mass is 79.9. The van der Waals surface area contributed by atoms with Crippen molar-refractivity contribution in [1.82, 2.24) is 18.8 Å². The van der Waals surface area contributed by atoms with E-state index in [1.54, 1.807) is 24.3 Å². The van der Waals surface area contributed by atoms with Gasteiger partial charge in [0.05, 0.1) is 17.2 Å². The van der Waals surface area contributed by atoms with Gasteiger partial charge in [-0.3, -0.25) is 8.80 Å². The van der Waals surface area contributed by atoms with Crippen molar-refractivity contribution in [3.63, 3.8) is 0 Å². The third-order valence-corrected chi connectivity index (χ3v) is 6.98. The van der Waals surface area contributed by atoms with E-state index >= 15 is 0 Å². The Morgan fingerprint density at radius 1 is 0.585 bits per heavy atom. The molecule has 0 fully saturated rings. The summed E-state index contributed by atoms with van der Waals surface area (Å²) in [4.78, 5) is 7.02. The molecular formula is C30H21BrF6N4. The Labute approximate surface area is 239 Å². The van der Waals surface area contributed by atoms with Crippen LogP contribution in [0.25, 0.3) is 33.3 Å². The maximum atomic E-state index is 13.0. The van der Waals surface area contributed by atoms with Crippen molar-refractivity contribution in [3.05, 3.63) is 119 Å². The molecule has 0 amide bonds. The van der Waals surface area contributed by atoms with Crippen LogP contribution in [-0.2, 0) is 12.4 Å². The molecule has 0 spiro atoms. The number of aryl methyl sites for hydroxylation is 2. The minimum absolute atomic E-state index is 0.185. The topological polar surface area (TPSA) is 34.6 Å². The molecule has 6 rings (SSSR count). The molecule has 0 aliphatic rings. The predicted octanol–water partition coefficient (Wildman–Crippen LogP) is 9.42. The molecule has 4 heterocycles. The van der Waals surface area contributed by atoms with E-state index in [2.05, 4.69) is 25.9 Å². The Balaban J connectivity index is 0.000000165. The van der Waals surface area contributed by atoms with Gasteiger partial charge < -0.3 is 0 Å². The summed E-state index contributed by atoms with van der Waals surface area (Å²) in [5, 5.41) is 0. The maximum Gasteiger partial charge on any atom is 0.450 e. The van der Waals surface area contributed by atoms with E-state index in [1.807, 2.05) is 62.4 Å². The molecule has 4 aromatic heterocycles. The van der Waals surface area contributed by atoms with Gasteiger partial charge in [-0.15, -0.1) is 0 Å². The Morgan fingerprint density at radius 3 is 1.56 bits per heavy atom. The number of aromatic nitrogens is 4. The molecule has 210 valence electrons. The number of hydrogen-bond donors (Lipinski definition) is 0. The molecular weight excluding hydrogens is 610 g/mol. The first kappa shape index (κ1) is 28.4. The lowest BCUT2D eigenvalue weighted by Crippen LogP contribution is -2.10. The average Bonchev–Trinajstić information content (AvgIpc) is 3.50. The number of rotatable bonds is 2. The normalized spacial score (nSPS) is 12.0. The predicted molar refractivity (Wildman–Crippen MR) is 148 cm³/mol. The molecule has 11 heteroatoms. The molecule has 0 saturated heterocycles. The van der Waals surface area contributed by atoms with Crippen molar-refractivity contribution >= 4 is 27.0 Å². The van der Waals surface area contributed by atoms with Crippen molar-refractivity contribution in [1.29, 1.82) is 0 Å². The quantitative estimate of drug-likeness (QED) is 0.179. The highest BCUT2D eigenvalue weighted by molar-refractivity contribution is 9.10. The summed E-state index contributed by atoms with van der Waals surface area (Å²) in [7, 11) is 0. The van der Waals surface area contributed by atoms with E-state index in [-0.39, 0.29) is 4.60 Å². The lowest BCUT2D eigenvalue weighted by molar-refractivity contribution is -0.146. The third kappa shape index (κ3) is 6.00. The Morgan fingerprint density at radius 2 is 1.05 bits per heavy atom. The summed E-state index contributed by atoms with van der Waals surface area (Å²) in [5.74, 6) is -1.83. The van der Waals surface area contributed by atoms with E-state index in [0.717, 1.165) is 36.6 Å². The van der Waals surface area contributed by atoms with Crippen LogP contribution < -0.4 is 0 Å². The van der Waals surface area contributed by atoms with Crippen LogP contribution in [0.3, 0.4) is 0 Å². The monoisotopic (exact) mass is 630 g/mol. The van der Waals surface area contributed by atoms with Gasteiger partial charge in [0.25, 0.3) is 0 Å². The fourth-order valence-corrected chi connectivity index (χ4v) is 4.77. The Hall–Kier alpha value is -4.12. The maximum absolute atomic E-state index is 13.0. The largest absolute Gasteiger partial charge is 0.450 e. The molecule has 2 aromatic carbocycles. The average molecular weight is 631 g/mol. The summed E-state index contributed by atoms with van der Waals surface area (Å²) in [5.41, 5.74) is 6.18. The fourth-order valence-electron chi connectivity index (χ4n) is 4.28. The molecule has 0 N–H and O–H groups in total. The molecule has 0 saturated carbocycles. The van der Waals surface area contributed by atoms with Gasteiger partial charge in [0.15, 0.2) is 0 Å². The second kappa shape index (κ2) is 10.7. The van der Waals surface area contributed by atoms with Gasteiger partial charge >= 0.3 is 12.4 Å². The molecule has 41 heavy (non-hydrogen) atoms. The number of imidazole rings is 2. The summed E-state index contributed by atoms with van der Waals surface area (Å²) < 4.78 is 79.9. The van der Waals surface area contributed by atoms with Crippen molar-refractivity contribution in [2.24, 2.45) is 0 Å². The second-order valence-electron chi connectivity index (χ2n) is 9.42. The van der Waals surface area contributed by atoms with Gasteiger partial charge in [-0.1, -0.05) is 71.8 Å². The van der Waals surface area contributed by atoms with E-state index in [9.17, 15) is 26.3 Å². The number of hydrogen-bond acceptors (Lipinski definition) is 2. The van der Waals surface area contributed by atoms with Crippen LogP contribution in [0.1, 0.15) is 22.8 Å². The second-order valence-corrected chi connectivity index (χ2v) is 10.2.